The molecule has 2 aliphatic heterocycles. The first-order chi connectivity index (χ1) is 8.68. The number of likely N-dealkylation sites (tertiary alicyclic amines) is 1. The minimum absolute atomic E-state index is 0.0603. The largest absolute Gasteiger partial charge is 0.341 e. The smallest absolute Gasteiger partial charge is 0.241 e. The molecule has 2 aliphatic rings. The molecule has 1 N–H and O–H groups in total. The van der Waals surface area contributed by atoms with Crippen LogP contribution in [0.25, 0.3) is 0 Å². The van der Waals surface area contributed by atoms with Gasteiger partial charge in [-0.3, -0.25) is 9.59 Å². The van der Waals surface area contributed by atoms with E-state index >= 15 is 0 Å². The highest BCUT2D eigenvalue weighted by Crippen LogP contribution is 2.12. The lowest BCUT2D eigenvalue weighted by molar-refractivity contribution is -0.137. The summed E-state index contributed by atoms with van der Waals surface area (Å²) < 4.78 is 0. The topological polar surface area (TPSA) is 52.7 Å². The summed E-state index contributed by atoms with van der Waals surface area (Å²) in [5.41, 5.74) is 0. The molecule has 0 unspecified atom stereocenters. The molecule has 5 heteroatoms. The third-order valence-electron chi connectivity index (χ3n) is 3.84. The zero-order valence-electron chi connectivity index (χ0n) is 11.2. The van der Waals surface area contributed by atoms with Crippen molar-refractivity contribution in [3.05, 3.63) is 0 Å². The van der Waals surface area contributed by atoms with Crippen LogP contribution in [0.3, 0.4) is 0 Å². The fraction of sp³-hybridized carbons (Fsp3) is 0.846. The van der Waals surface area contributed by atoms with Gasteiger partial charge in [-0.15, -0.1) is 0 Å². The van der Waals surface area contributed by atoms with Crippen molar-refractivity contribution < 1.29 is 9.59 Å². The monoisotopic (exact) mass is 253 g/mol. The first-order valence-electron chi connectivity index (χ1n) is 6.96. The lowest BCUT2D eigenvalue weighted by Gasteiger charge is -2.35. The van der Waals surface area contributed by atoms with E-state index in [4.69, 9.17) is 0 Å². The van der Waals surface area contributed by atoms with Gasteiger partial charge < -0.3 is 15.1 Å². The number of amides is 2. The maximum atomic E-state index is 12.4. The van der Waals surface area contributed by atoms with Crippen molar-refractivity contribution in [2.24, 2.45) is 0 Å². The summed E-state index contributed by atoms with van der Waals surface area (Å²) in [5, 5.41) is 3.24. The van der Waals surface area contributed by atoms with E-state index in [0.717, 1.165) is 25.9 Å². The molecule has 0 aromatic carbocycles. The first kappa shape index (κ1) is 13.3. The van der Waals surface area contributed by atoms with E-state index in [-0.39, 0.29) is 17.9 Å². The molecule has 0 spiro atoms. The molecule has 2 saturated heterocycles. The Balaban J connectivity index is 1.92. The number of hydrogen-bond acceptors (Lipinski definition) is 3. The summed E-state index contributed by atoms with van der Waals surface area (Å²) in [6.07, 6.45) is 4.66. The molecule has 1 atom stereocenters. The molecule has 102 valence electrons. The van der Waals surface area contributed by atoms with Crippen LogP contribution < -0.4 is 5.32 Å². The molecule has 0 aromatic heterocycles. The molecule has 0 aliphatic carbocycles. The van der Waals surface area contributed by atoms with E-state index in [1.807, 2.05) is 4.90 Å². The van der Waals surface area contributed by atoms with Gasteiger partial charge in [0, 0.05) is 39.6 Å². The van der Waals surface area contributed by atoms with Gasteiger partial charge >= 0.3 is 0 Å². The molecule has 0 aromatic rings. The van der Waals surface area contributed by atoms with Gasteiger partial charge in [-0.05, 0) is 12.8 Å². The summed E-state index contributed by atoms with van der Waals surface area (Å²) in [5.74, 6) is 0.230. The van der Waals surface area contributed by atoms with Gasteiger partial charge in [-0.1, -0.05) is 12.8 Å². The Labute approximate surface area is 108 Å². The van der Waals surface area contributed by atoms with Crippen LogP contribution in [0.15, 0.2) is 0 Å². The fourth-order valence-electron chi connectivity index (χ4n) is 2.71. The van der Waals surface area contributed by atoms with Crippen molar-refractivity contribution in [2.75, 3.05) is 32.7 Å². The quantitative estimate of drug-likeness (QED) is 0.727. The van der Waals surface area contributed by atoms with Gasteiger partial charge in [0.25, 0.3) is 0 Å². The standard InChI is InChI=1S/C13H23N3O2/c1-11(17)16-9-6-14-12(10-16)13(18)15-7-4-2-3-5-8-15/h12,14H,2-10H2,1H3/t12-/m1/s1. The Kier molecular flexibility index (Phi) is 4.58. The zero-order valence-corrected chi connectivity index (χ0v) is 11.2. The second-order valence-corrected chi connectivity index (χ2v) is 5.21. The van der Waals surface area contributed by atoms with Crippen molar-refractivity contribution in [2.45, 2.75) is 38.6 Å². The van der Waals surface area contributed by atoms with Gasteiger partial charge in [0.1, 0.15) is 6.04 Å². The average Bonchev–Trinajstić information content (AvgIpc) is 2.67. The summed E-state index contributed by atoms with van der Waals surface area (Å²) in [7, 11) is 0. The van der Waals surface area contributed by atoms with Crippen LogP contribution in [0.4, 0.5) is 0 Å². The lowest BCUT2D eigenvalue weighted by atomic mass is 10.1. The fourth-order valence-corrected chi connectivity index (χ4v) is 2.71. The summed E-state index contributed by atoms with van der Waals surface area (Å²) in [4.78, 5) is 27.5. The van der Waals surface area contributed by atoms with Crippen LogP contribution in [-0.4, -0.2) is 60.4 Å². The normalized spacial score (nSPS) is 25.7. The molecular weight excluding hydrogens is 230 g/mol. The summed E-state index contributed by atoms with van der Waals surface area (Å²) in [6, 6.07) is -0.208. The van der Waals surface area contributed by atoms with E-state index < -0.39 is 0 Å². The maximum absolute atomic E-state index is 12.4. The van der Waals surface area contributed by atoms with Crippen LogP contribution in [0.5, 0.6) is 0 Å². The van der Waals surface area contributed by atoms with Crippen molar-refractivity contribution >= 4 is 11.8 Å². The first-order valence-corrected chi connectivity index (χ1v) is 6.96. The summed E-state index contributed by atoms with van der Waals surface area (Å²) in [6.45, 7) is 5.25. The van der Waals surface area contributed by atoms with Crippen molar-refractivity contribution in [1.82, 2.24) is 15.1 Å². The van der Waals surface area contributed by atoms with E-state index in [0.29, 0.717) is 19.6 Å². The van der Waals surface area contributed by atoms with E-state index in [1.54, 1.807) is 11.8 Å². The Morgan fingerprint density at radius 1 is 1.00 bits per heavy atom. The predicted molar refractivity (Wildman–Crippen MR) is 69.1 cm³/mol. The molecule has 2 rings (SSSR count). The number of hydrogen-bond donors (Lipinski definition) is 1. The van der Waals surface area contributed by atoms with Gasteiger partial charge in [0.05, 0.1) is 0 Å². The third-order valence-corrected chi connectivity index (χ3v) is 3.84. The molecule has 2 heterocycles. The van der Waals surface area contributed by atoms with Gasteiger partial charge in [-0.25, -0.2) is 0 Å². The van der Waals surface area contributed by atoms with Crippen LogP contribution in [0.2, 0.25) is 0 Å². The minimum Gasteiger partial charge on any atom is -0.341 e. The number of nitrogens with zero attached hydrogens (tertiary/aromatic N) is 2. The second-order valence-electron chi connectivity index (χ2n) is 5.21. The molecule has 0 saturated carbocycles. The third kappa shape index (κ3) is 3.22. The molecule has 2 fully saturated rings. The van der Waals surface area contributed by atoms with Gasteiger partial charge in [0.2, 0.25) is 11.8 Å². The number of rotatable bonds is 1. The molecule has 5 nitrogen and oxygen atoms in total. The molecule has 18 heavy (non-hydrogen) atoms. The lowest BCUT2D eigenvalue weighted by Crippen LogP contribution is -2.58. The molecule has 0 radical (unpaired) electrons. The highest BCUT2D eigenvalue weighted by molar-refractivity contribution is 5.83. The Hall–Kier alpha value is -1.10. The Morgan fingerprint density at radius 2 is 1.67 bits per heavy atom. The Bertz CT molecular complexity index is 311. The van der Waals surface area contributed by atoms with Gasteiger partial charge in [0.15, 0.2) is 0 Å². The molecule has 0 bridgehead atoms. The number of carbonyl (C=O) groups excluding carboxylic acids is 2. The predicted octanol–water partition coefficient (Wildman–Crippen LogP) is 0.209. The van der Waals surface area contributed by atoms with E-state index in [1.165, 1.54) is 12.8 Å². The van der Waals surface area contributed by atoms with E-state index in [9.17, 15) is 9.59 Å². The van der Waals surface area contributed by atoms with Crippen LogP contribution in [0, 0.1) is 0 Å². The number of carbonyl (C=O) groups is 2. The minimum atomic E-state index is -0.208. The Morgan fingerprint density at radius 3 is 2.28 bits per heavy atom. The second kappa shape index (κ2) is 6.18. The maximum Gasteiger partial charge on any atom is 0.241 e. The van der Waals surface area contributed by atoms with Gasteiger partial charge in [-0.2, -0.15) is 0 Å². The van der Waals surface area contributed by atoms with Crippen LogP contribution in [-0.2, 0) is 9.59 Å². The number of nitrogens with one attached hydrogen (secondary N) is 1. The molecular formula is C13H23N3O2. The van der Waals surface area contributed by atoms with Crippen molar-refractivity contribution in [1.29, 1.82) is 0 Å². The summed E-state index contributed by atoms with van der Waals surface area (Å²) >= 11 is 0. The van der Waals surface area contributed by atoms with E-state index in [2.05, 4.69) is 5.32 Å². The number of piperazine rings is 1. The van der Waals surface area contributed by atoms with Crippen LogP contribution in [0.1, 0.15) is 32.6 Å². The molecule has 2 amide bonds. The highest BCUT2D eigenvalue weighted by atomic mass is 16.2. The van der Waals surface area contributed by atoms with Crippen LogP contribution >= 0.6 is 0 Å². The van der Waals surface area contributed by atoms with Crippen molar-refractivity contribution in [3.63, 3.8) is 0 Å². The zero-order chi connectivity index (χ0) is 13.0. The SMILES string of the molecule is CC(=O)N1CCN[C@@H](C(=O)N2CCCCCC2)C1. The van der Waals surface area contributed by atoms with Crippen molar-refractivity contribution in [3.8, 4) is 0 Å². The average molecular weight is 253 g/mol. The highest BCUT2D eigenvalue weighted by Gasteiger charge is 2.29.